The Balaban J connectivity index is 1.71. The molecule has 0 fully saturated rings. The first kappa shape index (κ1) is 17.9. The Hall–Kier alpha value is -2.86. The quantitative estimate of drug-likeness (QED) is 0.617. The second-order valence-corrected chi connectivity index (χ2v) is 6.35. The van der Waals surface area contributed by atoms with E-state index in [0.29, 0.717) is 23.0 Å². The van der Waals surface area contributed by atoms with Crippen LogP contribution in [0.3, 0.4) is 0 Å². The van der Waals surface area contributed by atoms with E-state index in [1.54, 1.807) is 24.3 Å². The van der Waals surface area contributed by atoms with Gasteiger partial charge in [0.1, 0.15) is 6.04 Å². The Morgan fingerprint density at radius 3 is 2.73 bits per heavy atom. The number of fused-ring (bicyclic) bond motifs is 1. The maximum Gasteiger partial charge on any atom is 0.251 e. The van der Waals surface area contributed by atoms with Crippen LogP contribution in [0.4, 0.5) is 5.95 Å². The lowest BCUT2D eigenvalue weighted by Gasteiger charge is -2.17. The minimum atomic E-state index is -0.667. The normalized spacial score (nSPS) is 11.9. The molecular weight excluding hydrogens is 352 g/mol. The van der Waals surface area contributed by atoms with Crippen molar-refractivity contribution in [1.82, 2.24) is 15.3 Å². The molecule has 7 heteroatoms. The predicted molar refractivity (Wildman–Crippen MR) is 102 cm³/mol. The number of anilines is 1. The zero-order chi connectivity index (χ0) is 18.5. The van der Waals surface area contributed by atoms with Gasteiger partial charge in [-0.1, -0.05) is 43.1 Å². The maximum absolute atomic E-state index is 12.6. The Bertz CT molecular complexity index is 905. The van der Waals surface area contributed by atoms with Crippen LogP contribution in [0, 0.1) is 0 Å². The summed E-state index contributed by atoms with van der Waals surface area (Å²) in [4.78, 5) is 32.4. The van der Waals surface area contributed by atoms with Gasteiger partial charge in [0.15, 0.2) is 0 Å². The second-order valence-electron chi connectivity index (χ2n) is 5.92. The van der Waals surface area contributed by atoms with E-state index in [4.69, 9.17) is 11.6 Å². The molecule has 6 nitrogen and oxygen atoms in total. The fourth-order valence-electron chi connectivity index (χ4n) is 2.64. The highest BCUT2D eigenvalue weighted by atomic mass is 35.5. The van der Waals surface area contributed by atoms with E-state index in [1.807, 2.05) is 31.2 Å². The largest absolute Gasteiger partial charge is 0.340 e. The van der Waals surface area contributed by atoms with Crippen LogP contribution in [0.2, 0.25) is 5.02 Å². The summed E-state index contributed by atoms with van der Waals surface area (Å²) in [6, 6.07) is 13.4. The summed E-state index contributed by atoms with van der Waals surface area (Å²) in [5.74, 6) is -0.304. The zero-order valence-corrected chi connectivity index (χ0v) is 15.0. The molecule has 1 heterocycles. The summed E-state index contributed by atoms with van der Waals surface area (Å²) >= 11 is 5.92. The Morgan fingerprint density at radius 1 is 1.19 bits per heavy atom. The van der Waals surface area contributed by atoms with Crippen molar-refractivity contribution in [3.05, 3.63) is 59.1 Å². The highest BCUT2D eigenvalue weighted by molar-refractivity contribution is 6.31. The van der Waals surface area contributed by atoms with Gasteiger partial charge in [-0.2, -0.15) is 0 Å². The summed E-state index contributed by atoms with van der Waals surface area (Å²) in [7, 11) is 0. The van der Waals surface area contributed by atoms with Gasteiger partial charge in [0.25, 0.3) is 5.91 Å². The number of carbonyl (C=O) groups excluding carboxylic acids is 2. The van der Waals surface area contributed by atoms with E-state index < -0.39 is 6.04 Å². The average Bonchev–Trinajstić information content (AvgIpc) is 3.03. The average molecular weight is 371 g/mol. The van der Waals surface area contributed by atoms with Crippen molar-refractivity contribution >= 4 is 40.4 Å². The molecule has 0 aliphatic rings. The highest BCUT2D eigenvalue weighted by Gasteiger charge is 2.21. The number of nitrogens with one attached hydrogen (secondary N) is 3. The van der Waals surface area contributed by atoms with Crippen LogP contribution < -0.4 is 10.6 Å². The first-order chi connectivity index (χ1) is 12.6. The molecular formula is C19H19ClN4O2. The van der Waals surface area contributed by atoms with Crippen molar-refractivity contribution in [3.63, 3.8) is 0 Å². The fourth-order valence-corrected chi connectivity index (χ4v) is 2.83. The molecule has 1 unspecified atom stereocenters. The van der Waals surface area contributed by atoms with Gasteiger partial charge in [0.05, 0.1) is 11.0 Å². The van der Waals surface area contributed by atoms with Crippen LogP contribution in [0.1, 0.15) is 30.1 Å². The number of amides is 2. The molecule has 3 N–H and O–H groups in total. The first-order valence-corrected chi connectivity index (χ1v) is 8.76. The molecule has 3 rings (SSSR count). The zero-order valence-electron chi connectivity index (χ0n) is 14.3. The lowest BCUT2D eigenvalue weighted by molar-refractivity contribution is -0.118. The number of imidazole rings is 1. The number of halogens is 1. The SMILES string of the molecule is CCCC(NC(=O)c1cccc(Cl)c1)C(=O)Nc1nc2ccccc2[nH]1. The second kappa shape index (κ2) is 8.01. The monoisotopic (exact) mass is 370 g/mol. The van der Waals surface area contributed by atoms with E-state index in [-0.39, 0.29) is 11.8 Å². The molecule has 0 saturated heterocycles. The first-order valence-electron chi connectivity index (χ1n) is 8.39. The number of para-hydroxylation sites is 2. The van der Waals surface area contributed by atoms with Crippen LogP contribution >= 0.6 is 11.6 Å². The molecule has 26 heavy (non-hydrogen) atoms. The minimum Gasteiger partial charge on any atom is -0.340 e. The summed E-state index contributed by atoms with van der Waals surface area (Å²) in [5.41, 5.74) is 2.01. The number of benzene rings is 2. The molecule has 0 aliphatic heterocycles. The van der Waals surface area contributed by atoms with E-state index in [1.165, 1.54) is 0 Å². The molecule has 0 saturated carbocycles. The standard InChI is InChI=1S/C19H19ClN4O2/c1-2-6-16(21-17(25)12-7-5-8-13(20)11-12)18(26)24-19-22-14-9-3-4-10-15(14)23-19/h3-5,7-11,16H,2,6H2,1H3,(H,21,25)(H2,22,23,24,26). The third kappa shape index (κ3) is 4.21. The van der Waals surface area contributed by atoms with E-state index in [2.05, 4.69) is 20.6 Å². The molecule has 134 valence electrons. The molecule has 2 amide bonds. The van der Waals surface area contributed by atoms with Crippen molar-refractivity contribution in [3.8, 4) is 0 Å². The maximum atomic E-state index is 12.6. The number of hydrogen-bond acceptors (Lipinski definition) is 3. The molecule has 0 radical (unpaired) electrons. The van der Waals surface area contributed by atoms with Crippen LogP contribution in [0.5, 0.6) is 0 Å². The summed E-state index contributed by atoms with van der Waals surface area (Å²) in [6.45, 7) is 1.95. The molecule has 0 aliphatic carbocycles. The Morgan fingerprint density at radius 2 is 2.00 bits per heavy atom. The highest BCUT2D eigenvalue weighted by Crippen LogP contribution is 2.14. The minimum absolute atomic E-state index is 0.318. The van der Waals surface area contributed by atoms with Gasteiger partial charge in [-0.3, -0.25) is 14.9 Å². The predicted octanol–water partition coefficient (Wildman–Crippen LogP) is 3.75. The number of rotatable bonds is 6. The van der Waals surface area contributed by atoms with Gasteiger partial charge in [0.2, 0.25) is 11.9 Å². The number of hydrogen-bond donors (Lipinski definition) is 3. The summed E-state index contributed by atoms with van der Waals surface area (Å²) in [6.07, 6.45) is 1.26. The number of nitrogens with zero attached hydrogens (tertiary/aromatic N) is 1. The van der Waals surface area contributed by atoms with Crippen molar-refractivity contribution in [2.24, 2.45) is 0 Å². The molecule has 1 aromatic heterocycles. The van der Waals surface area contributed by atoms with Gasteiger partial charge in [-0.25, -0.2) is 4.98 Å². The van der Waals surface area contributed by atoms with Crippen LogP contribution in [-0.2, 0) is 4.79 Å². The number of aromatic nitrogens is 2. The molecule has 0 bridgehead atoms. The summed E-state index contributed by atoms with van der Waals surface area (Å²) < 4.78 is 0. The lowest BCUT2D eigenvalue weighted by Crippen LogP contribution is -2.43. The molecule has 3 aromatic rings. The Labute approximate surface area is 156 Å². The van der Waals surface area contributed by atoms with Gasteiger partial charge >= 0.3 is 0 Å². The smallest absolute Gasteiger partial charge is 0.251 e. The van der Waals surface area contributed by atoms with Crippen LogP contribution in [0.25, 0.3) is 11.0 Å². The van der Waals surface area contributed by atoms with Gasteiger partial charge < -0.3 is 10.3 Å². The van der Waals surface area contributed by atoms with Crippen molar-refractivity contribution < 1.29 is 9.59 Å². The van der Waals surface area contributed by atoms with Crippen molar-refractivity contribution in [1.29, 1.82) is 0 Å². The molecule has 0 spiro atoms. The number of aromatic amines is 1. The van der Waals surface area contributed by atoms with Gasteiger partial charge in [-0.05, 0) is 36.8 Å². The van der Waals surface area contributed by atoms with Gasteiger partial charge in [0, 0.05) is 10.6 Å². The third-order valence-corrected chi connectivity index (χ3v) is 4.15. The van der Waals surface area contributed by atoms with E-state index in [9.17, 15) is 9.59 Å². The van der Waals surface area contributed by atoms with Crippen LogP contribution in [0.15, 0.2) is 48.5 Å². The van der Waals surface area contributed by atoms with Gasteiger partial charge in [-0.15, -0.1) is 0 Å². The van der Waals surface area contributed by atoms with E-state index >= 15 is 0 Å². The fraction of sp³-hybridized carbons (Fsp3) is 0.211. The van der Waals surface area contributed by atoms with Crippen molar-refractivity contribution in [2.75, 3.05) is 5.32 Å². The lowest BCUT2D eigenvalue weighted by atomic mass is 10.1. The number of carbonyl (C=O) groups is 2. The van der Waals surface area contributed by atoms with Crippen LogP contribution in [-0.4, -0.2) is 27.8 Å². The van der Waals surface area contributed by atoms with E-state index in [0.717, 1.165) is 17.5 Å². The summed E-state index contributed by atoms with van der Waals surface area (Å²) in [5, 5.41) is 5.97. The molecule has 2 aromatic carbocycles. The topological polar surface area (TPSA) is 86.9 Å². The number of H-pyrrole nitrogens is 1. The van der Waals surface area contributed by atoms with Crippen molar-refractivity contribution in [2.45, 2.75) is 25.8 Å². The molecule has 1 atom stereocenters. The Kier molecular flexibility index (Phi) is 5.53. The third-order valence-electron chi connectivity index (χ3n) is 3.92.